The molecule has 2 aromatic rings. The Balaban J connectivity index is 2.05. The van der Waals surface area contributed by atoms with Crippen LogP contribution in [0.15, 0.2) is 54.1 Å². The van der Waals surface area contributed by atoms with E-state index < -0.39 is 6.09 Å². The molecular weight excluding hydrogens is 250 g/mol. The minimum atomic E-state index is -0.500. The Morgan fingerprint density at radius 2 is 2.00 bits per heavy atom. The van der Waals surface area contributed by atoms with Crippen LogP contribution in [-0.4, -0.2) is 12.6 Å². The minimum Gasteiger partial charge on any atom is -0.410 e. The van der Waals surface area contributed by atoms with Gasteiger partial charge in [0.2, 0.25) is 0 Å². The van der Waals surface area contributed by atoms with Gasteiger partial charge in [-0.15, -0.1) is 0 Å². The first-order valence-corrected chi connectivity index (χ1v) is 5.93. The molecule has 2 aromatic carbocycles. The second kappa shape index (κ2) is 6.07. The molecule has 0 aromatic heterocycles. The topological polar surface area (TPSA) is 38.3 Å². The standard InChI is InChI=1S/C14H12ClNO2/c15-8-3-9-16-14(17)18-13-7-6-11-4-1-2-5-12(11)10-13/h1-8,10H,9H2,(H,16,17). The molecular formula is C14H12ClNO2. The average Bonchev–Trinajstić information content (AvgIpc) is 2.39. The molecule has 18 heavy (non-hydrogen) atoms. The summed E-state index contributed by atoms with van der Waals surface area (Å²) in [5.41, 5.74) is 1.34. The van der Waals surface area contributed by atoms with Crippen LogP contribution in [0.5, 0.6) is 5.75 Å². The molecule has 0 unspecified atom stereocenters. The fraction of sp³-hybridized carbons (Fsp3) is 0.0714. The van der Waals surface area contributed by atoms with Crippen LogP contribution in [0.25, 0.3) is 10.8 Å². The van der Waals surface area contributed by atoms with Gasteiger partial charge < -0.3 is 10.1 Å². The van der Waals surface area contributed by atoms with Crippen LogP contribution in [-0.2, 0) is 0 Å². The number of hydrogen-bond acceptors (Lipinski definition) is 2. The van der Waals surface area contributed by atoms with Crippen LogP contribution >= 0.6 is 11.6 Å². The summed E-state index contributed by atoms with van der Waals surface area (Å²) in [6, 6.07) is 13.4. The Morgan fingerprint density at radius 3 is 2.78 bits per heavy atom. The van der Waals surface area contributed by atoms with Crippen molar-refractivity contribution in [3.63, 3.8) is 0 Å². The molecule has 92 valence electrons. The highest BCUT2D eigenvalue weighted by atomic mass is 35.5. The van der Waals surface area contributed by atoms with E-state index in [1.54, 1.807) is 12.1 Å². The molecule has 0 radical (unpaired) electrons. The number of carbonyl (C=O) groups is 1. The molecule has 0 atom stereocenters. The van der Waals surface area contributed by atoms with Gasteiger partial charge in [-0.25, -0.2) is 4.79 Å². The predicted octanol–water partition coefficient (Wildman–Crippen LogP) is 3.68. The molecule has 1 amide bonds. The molecule has 3 nitrogen and oxygen atoms in total. The van der Waals surface area contributed by atoms with E-state index in [1.165, 1.54) is 5.54 Å². The Morgan fingerprint density at radius 1 is 1.22 bits per heavy atom. The lowest BCUT2D eigenvalue weighted by Gasteiger charge is -2.05. The number of amides is 1. The van der Waals surface area contributed by atoms with Crippen molar-refractivity contribution in [1.29, 1.82) is 0 Å². The molecule has 0 saturated carbocycles. The van der Waals surface area contributed by atoms with E-state index in [1.807, 2.05) is 36.4 Å². The highest BCUT2D eigenvalue weighted by Crippen LogP contribution is 2.20. The van der Waals surface area contributed by atoms with Crippen molar-refractivity contribution < 1.29 is 9.53 Å². The normalized spacial score (nSPS) is 10.7. The lowest BCUT2D eigenvalue weighted by molar-refractivity contribution is 0.202. The maximum atomic E-state index is 11.4. The fourth-order valence-electron chi connectivity index (χ4n) is 1.56. The summed E-state index contributed by atoms with van der Waals surface area (Å²) in [5.74, 6) is 0.515. The molecule has 0 heterocycles. The predicted molar refractivity (Wildman–Crippen MR) is 73.0 cm³/mol. The number of ether oxygens (including phenoxy) is 1. The van der Waals surface area contributed by atoms with Gasteiger partial charge >= 0.3 is 6.09 Å². The molecule has 0 spiro atoms. The third-order valence-electron chi connectivity index (χ3n) is 2.38. The van der Waals surface area contributed by atoms with E-state index in [0.29, 0.717) is 12.3 Å². The third-order valence-corrected chi connectivity index (χ3v) is 2.56. The fourth-order valence-corrected chi connectivity index (χ4v) is 1.65. The van der Waals surface area contributed by atoms with Crippen molar-refractivity contribution in [2.24, 2.45) is 0 Å². The second-order valence-electron chi connectivity index (χ2n) is 3.64. The molecule has 4 heteroatoms. The van der Waals surface area contributed by atoms with Gasteiger partial charge in [0.05, 0.1) is 0 Å². The van der Waals surface area contributed by atoms with E-state index in [-0.39, 0.29) is 0 Å². The number of hydrogen-bond donors (Lipinski definition) is 1. The molecule has 0 fully saturated rings. The van der Waals surface area contributed by atoms with Crippen LogP contribution in [0.3, 0.4) is 0 Å². The van der Waals surface area contributed by atoms with E-state index >= 15 is 0 Å². The maximum Gasteiger partial charge on any atom is 0.412 e. The van der Waals surface area contributed by atoms with Crippen molar-refractivity contribution in [3.8, 4) is 5.75 Å². The number of halogens is 1. The Kier molecular flexibility index (Phi) is 4.20. The van der Waals surface area contributed by atoms with E-state index in [2.05, 4.69) is 5.32 Å². The van der Waals surface area contributed by atoms with Gasteiger partial charge in [-0.1, -0.05) is 48.0 Å². The van der Waals surface area contributed by atoms with Crippen LogP contribution < -0.4 is 10.1 Å². The molecule has 0 aliphatic rings. The van der Waals surface area contributed by atoms with Gasteiger partial charge in [-0.05, 0) is 22.9 Å². The summed E-state index contributed by atoms with van der Waals surface area (Å²) >= 11 is 5.34. The van der Waals surface area contributed by atoms with Crippen LogP contribution in [0.4, 0.5) is 4.79 Å². The van der Waals surface area contributed by atoms with Crippen molar-refractivity contribution in [2.45, 2.75) is 0 Å². The molecule has 0 bridgehead atoms. The van der Waals surface area contributed by atoms with Crippen LogP contribution in [0.1, 0.15) is 0 Å². The summed E-state index contributed by atoms with van der Waals surface area (Å²) in [4.78, 5) is 11.4. The Labute approximate surface area is 110 Å². The summed E-state index contributed by atoms with van der Waals surface area (Å²) < 4.78 is 5.14. The molecule has 0 saturated heterocycles. The lowest BCUT2D eigenvalue weighted by atomic mass is 10.1. The first kappa shape index (κ1) is 12.5. The highest BCUT2D eigenvalue weighted by molar-refractivity contribution is 6.25. The van der Waals surface area contributed by atoms with Gasteiger partial charge in [0.1, 0.15) is 5.75 Å². The van der Waals surface area contributed by atoms with Gasteiger partial charge in [0.15, 0.2) is 0 Å². The Hall–Kier alpha value is -2.00. The van der Waals surface area contributed by atoms with Gasteiger partial charge in [0, 0.05) is 12.1 Å². The minimum absolute atomic E-state index is 0.343. The average molecular weight is 262 g/mol. The van der Waals surface area contributed by atoms with Gasteiger partial charge in [-0.2, -0.15) is 0 Å². The van der Waals surface area contributed by atoms with Crippen molar-refractivity contribution in [3.05, 3.63) is 54.1 Å². The zero-order valence-corrected chi connectivity index (χ0v) is 10.4. The lowest BCUT2D eigenvalue weighted by Crippen LogP contribution is -2.26. The quantitative estimate of drug-likeness (QED) is 0.915. The number of fused-ring (bicyclic) bond motifs is 1. The Bertz CT molecular complexity index is 581. The van der Waals surface area contributed by atoms with Crippen LogP contribution in [0, 0.1) is 0 Å². The molecule has 0 aliphatic heterocycles. The maximum absolute atomic E-state index is 11.4. The first-order valence-electron chi connectivity index (χ1n) is 5.49. The molecule has 0 aliphatic carbocycles. The van der Waals surface area contributed by atoms with Crippen molar-refractivity contribution >= 4 is 28.5 Å². The third kappa shape index (κ3) is 3.25. The summed E-state index contributed by atoms with van der Waals surface area (Å²) in [5, 5.41) is 4.69. The SMILES string of the molecule is O=C(NCC=CCl)Oc1ccc2ccccc2c1. The smallest absolute Gasteiger partial charge is 0.410 e. The van der Waals surface area contributed by atoms with E-state index in [0.717, 1.165) is 10.8 Å². The first-order chi connectivity index (χ1) is 8.79. The summed E-state index contributed by atoms with van der Waals surface area (Å²) in [7, 11) is 0. The van der Waals surface area contributed by atoms with Gasteiger partial charge in [0.25, 0.3) is 0 Å². The van der Waals surface area contributed by atoms with Crippen molar-refractivity contribution in [1.82, 2.24) is 5.32 Å². The van der Waals surface area contributed by atoms with E-state index in [4.69, 9.17) is 16.3 Å². The monoisotopic (exact) mass is 261 g/mol. The number of rotatable bonds is 3. The van der Waals surface area contributed by atoms with Gasteiger partial charge in [-0.3, -0.25) is 0 Å². The summed E-state index contributed by atoms with van der Waals surface area (Å²) in [6.07, 6.45) is 1.11. The second-order valence-corrected chi connectivity index (χ2v) is 3.89. The number of carbonyl (C=O) groups excluding carboxylic acids is 1. The van der Waals surface area contributed by atoms with Crippen LogP contribution in [0.2, 0.25) is 0 Å². The molecule has 1 N–H and O–H groups in total. The zero-order chi connectivity index (χ0) is 12.8. The number of nitrogens with one attached hydrogen (secondary N) is 1. The zero-order valence-electron chi connectivity index (χ0n) is 9.60. The molecule has 2 rings (SSSR count). The summed E-state index contributed by atoms with van der Waals surface area (Å²) in [6.45, 7) is 0.343. The van der Waals surface area contributed by atoms with E-state index in [9.17, 15) is 4.79 Å². The highest BCUT2D eigenvalue weighted by Gasteiger charge is 2.03. The number of benzene rings is 2. The van der Waals surface area contributed by atoms with Crippen molar-refractivity contribution in [2.75, 3.05) is 6.54 Å². The largest absolute Gasteiger partial charge is 0.412 e.